The van der Waals surface area contributed by atoms with E-state index in [0.717, 1.165) is 6.42 Å². The molecule has 0 saturated heterocycles. The van der Waals surface area contributed by atoms with E-state index in [1.807, 2.05) is 0 Å². The number of nitrogens with two attached hydrogens (primary N) is 1. The summed E-state index contributed by atoms with van der Waals surface area (Å²) >= 11 is 0. The molecule has 0 fully saturated rings. The normalized spacial score (nSPS) is 14.7. The first kappa shape index (κ1) is 14.2. The van der Waals surface area contributed by atoms with Gasteiger partial charge in [-0.2, -0.15) is 0 Å². The topological polar surface area (TPSA) is 26.0 Å². The molecule has 96 valence electrons. The Kier molecular flexibility index (Phi) is 4.37. The molecule has 0 radical (unpaired) electrons. The molecule has 0 aromatic heterocycles. The third kappa shape index (κ3) is 4.16. The van der Waals surface area contributed by atoms with Crippen molar-refractivity contribution in [3.05, 3.63) is 35.9 Å². The molecule has 1 aromatic carbocycles. The fourth-order valence-electron chi connectivity index (χ4n) is 2.03. The zero-order valence-corrected chi connectivity index (χ0v) is 12.0. The van der Waals surface area contributed by atoms with Gasteiger partial charge in [-0.05, 0) is 23.8 Å². The Labute approximate surface area is 106 Å². The fourth-order valence-corrected chi connectivity index (χ4v) is 2.03. The quantitative estimate of drug-likeness (QED) is 0.832. The highest BCUT2D eigenvalue weighted by Crippen LogP contribution is 2.31. The largest absolute Gasteiger partial charge is 0.327 e. The van der Waals surface area contributed by atoms with Crippen molar-refractivity contribution in [2.75, 3.05) is 0 Å². The maximum Gasteiger partial charge on any atom is 0.0131 e. The average Bonchev–Trinajstić information content (AvgIpc) is 2.26. The van der Waals surface area contributed by atoms with E-state index >= 15 is 0 Å². The van der Waals surface area contributed by atoms with Gasteiger partial charge in [0, 0.05) is 11.5 Å². The van der Waals surface area contributed by atoms with Crippen LogP contribution in [0.15, 0.2) is 30.3 Å². The van der Waals surface area contributed by atoms with Gasteiger partial charge in [0.15, 0.2) is 0 Å². The lowest BCUT2D eigenvalue weighted by molar-refractivity contribution is 0.303. The zero-order chi connectivity index (χ0) is 13.1. The van der Waals surface area contributed by atoms with E-state index in [0.29, 0.717) is 5.41 Å². The van der Waals surface area contributed by atoms with Crippen molar-refractivity contribution in [3.63, 3.8) is 0 Å². The molecule has 0 aliphatic heterocycles. The summed E-state index contributed by atoms with van der Waals surface area (Å²) in [6, 6.07) is 10.8. The van der Waals surface area contributed by atoms with Crippen molar-refractivity contribution in [1.29, 1.82) is 0 Å². The summed E-state index contributed by atoms with van der Waals surface area (Å²) in [5.41, 5.74) is 8.14. The predicted octanol–water partition coefficient (Wildman–Crippen LogP) is 4.12. The van der Waals surface area contributed by atoms with Crippen molar-refractivity contribution < 1.29 is 0 Å². The van der Waals surface area contributed by atoms with Crippen molar-refractivity contribution in [2.24, 2.45) is 11.1 Å². The van der Waals surface area contributed by atoms with Crippen LogP contribution in [0.25, 0.3) is 0 Å². The molecule has 0 aliphatic carbocycles. The van der Waals surface area contributed by atoms with Gasteiger partial charge in [-0.1, -0.05) is 65.0 Å². The lowest BCUT2D eigenvalue weighted by Gasteiger charge is -2.34. The Morgan fingerprint density at radius 1 is 1.00 bits per heavy atom. The molecule has 0 bridgehead atoms. The van der Waals surface area contributed by atoms with Gasteiger partial charge < -0.3 is 5.73 Å². The molecule has 0 amide bonds. The van der Waals surface area contributed by atoms with Crippen LogP contribution >= 0.6 is 0 Å². The van der Waals surface area contributed by atoms with Gasteiger partial charge >= 0.3 is 0 Å². The van der Waals surface area contributed by atoms with Gasteiger partial charge in [-0.15, -0.1) is 0 Å². The predicted molar refractivity (Wildman–Crippen MR) is 76.1 cm³/mol. The molecule has 1 nitrogen and oxygen atoms in total. The third-order valence-corrected chi connectivity index (χ3v) is 3.65. The second-order valence-electron chi connectivity index (χ2n) is 6.79. The number of rotatable bonds is 4. The molecule has 1 atom stereocenters. The second kappa shape index (κ2) is 5.22. The Hall–Kier alpha value is -0.820. The second-order valence-corrected chi connectivity index (χ2v) is 6.79. The van der Waals surface area contributed by atoms with Gasteiger partial charge in [0.1, 0.15) is 0 Å². The average molecular weight is 233 g/mol. The van der Waals surface area contributed by atoms with Crippen LogP contribution in [-0.2, 0) is 5.41 Å². The molecule has 0 saturated carbocycles. The summed E-state index contributed by atoms with van der Waals surface area (Å²) in [4.78, 5) is 0. The summed E-state index contributed by atoms with van der Waals surface area (Å²) in [5.74, 6) is 0. The Morgan fingerprint density at radius 2 is 1.53 bits per heavy atom. The summed E-state index contributed by atoms with van der Waals surface area (Å²) in [5, 5.41) is 0. The minimum atomic E-state index is 0.0481. The molecule has 2 N–H and O–H groups in total. The first-order valence-corrected chi connectivity index (χ1v) is 6.54. The molecule has 0 aliphatic rings. The van der Waals surface area contributed by atoms with Crippen LogP contribution in [0.4, 0.5) is 0 Å². The highest BCUT2D eigenvalue weighted by atomic mass is 14.7. The standard InChI is InChI=1S/C16H27N/c1-15(2,3)12-11-14(17)16(4,5)13-9-7-6-8-10-13/h6-10,14H,11-12,17H2,1-5H3. The van der Waals surface area contributed by atoms with Crippen LogP contribution in [0.1, 0.15) is 53.0 Å². The van der Waals surface area contributed by atoms with Crippen LogP contribution in [0.2, 0.25) is 0 Å². The maximum atomic E-state index is 6.39. The lowest BCUT2D eigenvalue weighted by atomic mass is 9.74. The summed E-state index contributed by atoms with van der Waals surface area (Å²) in [7, 11) is 0. The van der Waals surface area contributed by atoms with E-state index in [1.165, 1.54) is 12.0 Å². The molecule has 1 heteroatoms. The molecular weight excluding hydrogens is 206 g/mol. The van der Waals surface area contributed by atoms with E-state index in [2.05, 4.69) is 65.0 Å². The third-order valence-electron chi connectivity index (χ3n) is 3.65. The van der Waals surface area contributed by atoms with Gasteiger partial charge in [0.25, 0.3) is 0 Å². The summed E-state index contributed by atoms with van der Waals surface area (Å²) in [6.07, 6.45) is 2.25. The Bertz CT molecular complexity index is 332. The molecule has 1 aromatic rings. The van der Waals surface area contributed by atoms with E-state index in [4.69, 9.17) is 5.73 Å². The highest BCUT2D eigenvalue weighted by Gasteiger charge is 2.29. The fraction of sp³-hybridized carbons (Fsp3) is 0.625. The van der Waals surface area contributed by atoms with E-state index < -0.39 is 0 Å². The van der Waals surface area contributed by atoms with Gasteiger partial charge in [-0.25, -0.2) is 0 Å². The van der Waals surface area contributed by atoms with Crippen LogP contribution in [-0.4, -0.2) is 6.04 Å². The monoisotopic (exact) mass is 233 g/mol. The lowest BCUT2D eigenvalue weighted by Crippen LogP contribution is -2.41. The van der Waals surface area contributed by atoms with Crippen LogP contribution in [0.3, 0.4) is 0 Å². The summed E-state index contributed by atoms with van der Waals surface area (Å²) < 4.78 is 0. The van der Waals surface area contributed by atoms with E-state index in [-0.39, 0.29) is 11.5 Å². The van der Waals surface area contributed by atoms with E-state index in [9.17, 15) is 0 Å². The molecular formula is C16H27N. The van der Waals surface area contributed by atoms with Crippen LogP contribution < -0.4 is 5.73 Å². The smallest absolute Gasteiger partial charge is 0.0131 e. The van der Waals surface area contributed by atoms with Crippen molar-refractivity contribution in [2.45, 2.75) is 58.9 Å². The highest BCUT2D eigenvalue weighted by molar-refractivity contribution is 5.25. The first-order valence-electron chi connectivity index (χ1n) is 6.54. The Balaban J connectivity index is 2.71. The number of hydrogen-bond acceptors (Lipinski definition) is 1. The summed E-state index contributed by atoms with van der Waals surface area (Å²) in [6.45, 7) is 11.3. The number of benzene rings is 1. The molecule has 17 heavy (non-hydrogen) atoms. The van der Waals surface area contributed by atoms with Gasteiger partial charge in [0.2, 0.25) is 0 Å². The zero-order valence-electron chi connectivity index (χ0n) is 12.0. The van der Waals surface area contributed by atoms with Crippen molar-refractivity contribution >= 4 is 0 Å². The SMILES string of the molecule is CC(C)(C)CCC(N)C(C)(C)c1ccccc1. The molecule has 0 heterocycles. The van der Waals surface area contributed by atoms with Gasteiger partial charge in [-0.3, -0.25) is 0 Å². The van der Waals surface area contributed by atoms with Gasteiger partial charge in [0.05, 0.1) is 0 Å². The van der Waals surface area contributed by atoms with Crippen molar-refractivity contribution in [3.8, 4) is 0 Å². The van der Waals surface area contributed by atoms with E-state index in [1.54, 1.807) is 0 Å². The minimum absolute atomic E-state index is 0.0481. The van der Waals surface area contributed by atoms with Crippen LogP contribution in [0.5, 0.6) is 0 Å². The molecule has 1 unspecified atom stereocenters. The molecule has 0 spiro atoms. The minimum Gasteiger partial charge on any atom is -0.327 e. The number of hydrogen-bond donors (Lipinski definition) is 1. The Morgan fingerprint density at radius 3 is 2.00 bits per heavy atom. The van der Waals surface area contributed by atoms with Crippen LogP contribution in [0, 0.1) is 5.41 Å². The molecule has 1 rings (SSSR count). The first-order chi connectivity index (χ1) is 7.73. The maximum absolute atomic E-state index is 6.39. The van der Waals surface area contributed by atoms with Crippen molar-refractivity contribution in [1.82, 2.24) is 0 Å².